The minimum Gasteiger partial charge on any atom is -0.414 e. The maximum Gasteiger partial charge on any atom is 0.313 e. The third-order valence-electron chi connectivity index (χ3n) is 2.10. The van der Waals surface area contributed by atoms with Crippen LogP contribution in [-0.4, -0.2) is 38.3 Å². The summed E-state index contributed by atoms with van der Waals surface area (Å²) in [7, 11) is 6.33. The fourth-order valence-electron chi connectivity index (χ4n) is 1.28. The maximum absolute atomic E-state index is 5.60. The van der Waals surface area contributed by atoms with Crippen molar-refractivity contribution in [1.29, 1.82) is 0 Å². The van der Waals surface area contributed by atoms with Gasteiger partial charge < -0.3 is 18.5 Å². The highest BCUT2D eigenvalue weighted by Crippen LogP contribution is 2.42. The van der Waals surface area contributed by atoms with Gasteiger partial charge >= 0.3 is 6.64 Å². The molecular formula is C10H18N3O4PS. The molecule has 0 radical (unpaired) electrons. The van der Waals surface area contributed by atoms with E-state index in [2.05, 4.69) is 15.1 Å². The number of nitrogens with one attached hydrogen (secondary N) is 1. The van der Waals surface area contributed by atoms with Crippen LogP contribution in [0, 0.1) is 0 Å². The van der Waals surface area contributed by atoms with E-state index in [4.69, 9.17) is 30.3 Å². The first-order chi connectivity index (χ1) is 9.06. The molecule has 1 unspecified atom stereocenters. The van der Waals surface area contributed by atoms with E-state index in [1.54, 1.807) is 27.3 Å². The lowest BCUT2D eigenvalue weighted by molar-refractivity contribution is 0.169. The largest absolute Gasteiger partial charge is 0.414 e. The molecule has 1 heterocycles. The highest BCUT2D eigenvalue weighted by molar-refractivity contribution is 8.09. The van der Waals surface area contributed by atoms with Crippen LogP contribution in [-0.2, 0) is 39.0 Å². The van der Waals surface area contributed by atoms with E-state index >= 15 is 0 Å². The standard InChI is InChI=1S/C10H18N3O4PS/c1-11-18(19,16-4)17-10-5-8(6-14-2)12-9(13-10)7-15-3/h5H,6-7H2,1-4H3,(H,11,19). The highest BCUT2D eigenvalue weighted by Gasteiger charge is 2.18. The van der Waals surface area contributed by atoms with Crippen molar-refractivity contribution in [3.63, 3.8) is 0 Å². The van der Waals surface area contributed by atoms with Gasteiger partial charge in [0.2, 0.25) is 5.88 Å². The molecule has 108 valence electrons. The molecule has 1 rings (SSSR count). The molecule has 0 spiro atoms. The monoisotopic (exact) mass is 307 g/mol. The Morgan fingerprint density at radius 1 is 1.21 bits per heavy atom. The molecule has 1 aromatic heterocycles. The smallest absolute Gasteiger partial charge is 0.313 e. The van der Waals surface area contributed by atoms with Crippen LogP contribution < -0.4 is 9.61 Å². The molecule has 1 atom stereocenters. The second kappa shape index (κ2) is 7.84. The SMILES string of the molecule is CNP(=S)(OC)Oc1cc(COC)nc(COC)n1. The van der Waals surface area contributed by atoms with Crippen molar-refractivity contribution >= 4 is 18.4 Å². The summed E-state index contributed by atoms with van der Waals surface area (Å²) >= 11 is 5.23. The first-order valence-corrected chi connectivity index (χ1v) is 8.09. The molecule has 0 aromatic carbocycles. The number of hydrogen-bond acceptors (Lipinski definition) is 7. The molecule has 0 saturated heterocycles. The second-order valence-electron chi connectivity index (χ2n) is 3.47. The van der Waals surface area contributed by atoms with Crippen LogP contribution in [0.15, 0.2) is 6.07 Å². The zero-order valence-electron chi connectivity index (χ0n) is 11.4. The van der Waals surface area contributed by atoms with Crippen LogP contribution in [0.1, 0.15) is 11.5 Å². The number of hydrogen-bond donors (Lipinski definition) is 1. The van der Waals surface area contributed by atoms with Crippen LogP contribution in [0.25, 0.3) is 0 Å². The zero-order chi connectivity index (χ0) is 14.3. The van der Waals surface area contributed by atoms with Gasteiger partial charge in [-0.1, -0.05) is 0 Å². The van der Waals surface area contributed by atoms with E-state index in [1.807, 2.05) is 0 Å². The summed E-state index contributed by atoms with van der Waals surface area (Å²) in [4.78, 5) is 8.48. The van der Waals surface area contributed by atoms with Crippen LogP contribution in [0.3, 0.4) is 0 Å². The van der Waals surface area contributed by atoms with E-state index in [0.29, 0.717) is 24.0 Å². The lowest BCUT2D eigenvalue weighted by atomic mass is 10.4. The summed E-state index contributed by atoms with van der Waals surface area (Å²) in [5.41, 5.74) is 0.688. The van der Waals surface area contributed by atoms with Gasteiger partial charge in [-0.3, -0.25) is 0 Å². The van der Waals surface area contributed by atoms with Gasteiger partial charge in [0.05, 0.1) is 12.3 Å². The molecule has 0 aliphatic rings. The van der Waals surface area contributed by atoms with Crippen LogP contribution in [0.4, 0.5) is 0 Å². The van der Waals surface area contributed by atoms with Crippen molar-refractivity contribution < 1.29 is 18.5 Å². The molecule has 0 aliphatic heterocycles. The van der Waals surface area contributed by atoms with E-state index in [9.17, 15) is 0 Å². The minimum absolute atomic E-state index is 0.281. The van der Waals surface area contributed by atoms with Crippen molar-refractivity contribution in [2.45, 2.75) is 13.2 Å². The normalized spacial score (nSPS) is 14.1. The van der Waals surface area contributed by atoms with Gasteiger partial charge in [-0.2, -0.15) is 4.98 Å². The summed E-state index contributed by atoms with van der Waals surface area (Å²) in [6, 6.07) is 1.67. The summed E-state index contributed by atoms with van der Waals surface area (Å²) in [5, 5.41) is 2.84. The Bertz CT molecular complexity index is 428. The summed E-state index contributed by atoms with van der Waals surface area (Å²) in [5.74, 6) is 0.842. The van der Waals surface area contributed by atoms with Crippen molar-refractivity contribution in [1.82, 2.24) is 15.1 Å². The number of ether oxygens (including phenoxy) is 2. The van der Waals surface area contributed by atoms with Crippen molar-refractivity contribution in [2.24, 2.45) is 0 Å². The molecule has 0 aliphatic carbocycles. The van der Waals surface area contributed by atoms with Gasteiger partial charge in [-0.15, -0.1) is 0 Å². The van der Waals surface area contributed by atoms with Gasteiger partial charge in [0.15, 0.2) is 5.82 Å². The van der Waals surface area contributed by atoms with Gasteiger partial charge in [0.25, 0.3) is 0 Å². The molecule has 9 heteroatoms. The molecular weight excluding hydrogens is 289 g/mol. The van der Waals surface area contributed by atoms with Gasteiger partial charge in [-0.05, 0) is 18.9 Å². The van der Waals surface area contributed by atoms with Crippen LogP contribution >= 0.6 is 6.64 Å². The van der Waals surface area contributed by atoms with Gasteiger partial charge in [0.1, 0.15) is 6.61 Å². The number of methoxy groups -OCH3 is 2. The van der Waals surface area contributed by atoms with E-state index in [0.717, 1.165) is 0 Å². The predicted molar refractivity (Wildman–Crippen MR) is 74.4 cm³/mol. The van der Waals surface area contributed by atoms with Gasteiger partial charge in [-0.25, -0.2) is 10.1 Å². The Morgan fingerprint density at radius 3 is 2.42 bits per heavy atom. The third-order valence-corrected chi connectivity index (χ3v) is 4.77. The van der Waals surface area contributed by atoms with Crippen molar-refractivity contribution in [2.75, 3.05) is 28.4 Å². The molecule has 0 amide bonds. The molecule has 1 aromatic rings. The van der Waals surface area contributed by atoms with Crippen molar-refractivity contribution in [3.8, 4) is 5.88 Å². The fraction of sp³-hybridized carbons (Fsp3) is 0.600. The average Bonchev–Trinajstić information content (AvgIpc) is 2.39. The molecule has 19 heavy (non-hydrogen) atoms. The topological polar surface area (TPSA) is 74.7 Å². The lowest BCUT2D eigenvalue weighted by Gasteiger charge is -2.19. The highest BCUT2D eigenvalue weighted by atomic mass is 32.5. The Labute approximate surface area is 117 Å². The van der Waals surface area contributed by atoms with Crippen LogP contribution in [0.5, 0.6) is 5.88 Å². The second-order valence-corrected chi connectivity index (χ2v) is 6.91. The molecule has 1 N–H and O–H groups in total. The first-order valence-electron chi connectivity index (χ1n) is 5.46. The summed E-state index contributed by atoms with van der Waals surface area (Å²) in [6.45, 7) is -1.94. The number of nitrogens with zero attached hydrogens (tertiary/aromatic N) is 2. The Hall–Kier alpha value is -0.630. The number of rotatable bonds is 8. The Morgan fingerprint density at radius 2 is 1.89 bits per heavy atom. The minimum atomic E-state index is -2.57. The lowest BCUT2D eigenvalue weighted by Crippen LogP contribution is -2.12. The Balaban J connectivity index is 3.01. The van der Waals surface area contributed by atoms with E-state index in [1.165, 1.54) is 7.11 Å². The quantitative estimate of drug-likeness (QED) is 0.719. The first kappa shape index (κ1) is 16.4. The van der Waals surface area contributed by atoms with Gasteiger partial charge in [0, 0.05) is 27.4 Å². The molecule has 0 fully saturated rings. The fourth-order valence-corrected chi connectivity index (χ4v) is 2.20. The molecule has 0 saturated carbocycles. The molecule has 7 nitrogen and oxygen atoms in total. The number of aromatic nitrogens is 2. The summed E-state index contributed by atoms with van der Waals surface area (Å²) < 4.78 is 20.8. The van der Waals surface area contributed by atoms with E-state index in [-0.39, 0.29) is 6.61 Å². The zero-order valence-corrected chi connectivity index (χ0v) is 13.1. The third kappa shape index (κ3) is 5.10. The average molecular weight is 307 g/mol. The van der Waals surface area contributed by atoms with E-state index < -0.39 is 6.64 Å². The van der Waals surface area contributed by atoms with Crippen molar-refractivity contribution in [3.05, 3.63) is 17.6 Å². The summed E-state index contributed by atoms with van der Waals surface area (Å²) in [6.07, 6.45) is 0. The Kier molecular flexibility index (Phi) is 6.78. The maximum atomic E-state index is 5.60. The van der Waals surface area contributed by atoms with Crippen LogP contribution in [0.2, 0.25) is 0 Å². The predicted octanol–water partition coefficient (Wildman–Crippen LogP) is 1.24. The molecule has 0 bridgehead atoms.